The van der Waals surface area contributed by atoms with Gasteiger partial charge in [0.2, 0.25) is 9.84 Å². The molecule has 1 fully saturated rings. The Kier molecular flexibility index (Phi) is 4.28. The topological polar surface area (TPSA) is 63.7 Å². The van der Waals surface area contributed by atoms with Crippen LogP contribution in [0.2, 0.25) is 0 Å². The first-order valence-electron chi connectivity index (χ1n) is 7.83. The molecule has 2 aliphatic rings. The number of fused-ring (bicyclic) bond motifs is 2. The van der Waals surface area contributed by atoms with Gasteiger partial charge in [-0.05, 0) is 64.0 Å². The third-order valence-corrected chi connectivity index (χ3v) is 6.60. The molecule has 1 aromatic carbocycles. The van der Waals surface area contributed by atoms with E-state index in [4.69, 9.17) is 4.74 Å². The first-order valence-corrected chi connectivity index (χ1v) is 10.1. The predicted molar refractivity (Wildman–Crippen MR) is 94.3 cm³/mol. The minimum absolute atomic E-state index is 0.204. The molecule has 2 aliphatic heterocycles. The zero-order valence-corrected chi connectivity index (χ0v) is 16.2. The highest BCUT2D eigenvalue weighted by Crippen LogP contribution is 2.42. The van der Waals surface area contributed by atoms with Gasteiger partial charge in [0.25, 0.3) is 0 Å². The second-order valence-electron chi connectivity index (χ2n) is 7.07. The lowest BCUT2D eigenvalue weighted by molar-refractivity contribution is 0.0231. The minimum atomic E-state index is -3.61. The largest absolute Gasteiger partial charge is 0.444 e. The summed E-state index contributed by atoms with van der Waals surface area (Å²) < 4.78 is 32.1. The van der Waals surface area contributed by atoms with Crippen molar-refractivity contribution in [2.24, 2.45) is 0 Å². The van der Waals surface area contributed by atoms with Gasteiger partial charge in [-0.25, -0.2) is 13.2 Å². The minimum Gasteiger partial charge on any atom is -0.444 e. The van der Waals surface area contributed by atoms with Gasteiger partial charge in [0.05, 0.1) is 21.9 Å². The molecule has 0 radical (unpaired) electrons. The fourth-order valence-electron chi connectivity index (χ4n) is 3.18. The molecule has 1 aromatic rings. The molecule has 2 atom stereocenters. The molecule has 1 saturated heterocycles. The Morgan fingerprint density at radius 2 is 1.83 bits per heavy atom. The quantitative estimate of drug-likeness (QED) is 0.737. The molecular formula is C17H20BrNO4S. The summed E-state index contributed by atoms with van der Waals surface area (Å²) in [6, 6.07) is 5.91. The molecule has 0 saturated carbocycles. The first kappa shape index (κ1) is 17.5. The molecule has 1 amide bonds. The number of carbonyl (C=O) groups is 1. The number of nitrogens with zero attached hydrogens (tertiary/aromatic N) is 1. The Labute approximate surface area is 150 Å². The van der Waals surface area contributed by atoms with Crippen LogP contribution in [0.5, 0.6) is 0 Å². The summed E-state index contributed by atoms with van der Waals surface area (Å²) in [5, 5.41) is 0. The normalized spacial score (nSPS) is 23.3. The molecule has 0 N–H and O–H groups in total. The van der Waals surface area contributed by atoms with Crippen molar-refractivity contribution >= 4 is 31.9 Å². The number of halogens is 1. The van der Waals surface area contributed by atoms with E-state index >= 15 is 0 Å². The van der Waals surface area contributed by atoms with Crippen LogP contribution in [0.25, 0.3) is 0 Å². The molecule has 2 heterocycles. The monoisotopic (exact) mass is 413 g/mol. The maximum Gasteiger partial charge on any atom is 0.411 e. The summed E-state index contributed by atoms with van der Waals surface area (Å²) in [6.45, 7) is 5.40. The SMILES string of the molecule is CC(C)(C)OC(=O)N1C2C=C(S(=O)(=O)c3ccc(Br)cc3)C1CC2. The van der Waals surface area contributed by atoms with Crippen LogP contribution in [0.4, 0.5) is 4.79 Å². The molecule has 0 spiro atoms. The van der Waals surface area contributed by atoms with E-state index < -0.39 is 27.6 Å². The third-order valence-electron chi connectivity index (χ3n) is 4.15. The number of ether oxygens (including phenoxy) is 1. The number of hydrogen-bond donors (Lipinski definition) is 0. The fourth-order valence-corrected chi connectivity index (χ4v) is 5.13. The van der Waals surface area contributed by atoms with E-state index in [0.717, 1.165) is 10.9 Å². The van der Waals surface area contributed by atoms with Crippen molar-refractivity contribution in [2.75, 3.05) is 0 Å². The highest BCUT2D eigenvalue weighted by molar-refractivity contribution is 9.10. The van der Waals surface area contributed by atoms with Crippen molar-refractivity contribution in [1.82, 2.24) is 4.90 Å². The van der Waals surface area contributed by atoms with Gasteiger partial charge in [0.1, 0.15) is 5.60 Å². The van der Waals surface area contributed by atoms with Gasteiger partial charge in [0.15, 0.2) is 0 Å². The standard InChI is InChI=1S/C17H20BrNO4S/c1-17(2,3)23-16(20)19-12-6-9-14(19)15(10-12)24(21,22)13-7-4-11(18)5-8-13/h4-5,7-8,10,12,14H,6,9H2,1-3H3. The average Bonchev–Trinajstić information content (AvgIpc) is 3.04. The molecule has 7 heteroatoms. The van der Waals surface area contributed by atoms with Crippen LogP contribution in [-0.4, -0.2) is 37.1 Å². The summed E-state index contributed by atoms with van der Waals surface area (Å²) in [5.74, 6) is 0. The number of carbonyl (C=O) groups excluding carboxylic acids is 1. The average molecular weight is 414 g/mol. The van der Waals surface area contributed by atoms with Crippen LogP contribution < -0.4 is 0 Å². The van der Waals surface area contributed by atoms with E-state index in [1.807, 2.05) is 0 Å². The first-order chi connectivity index (χ1) is 11.1. The van der Waals surface area contributed by atoms with Crippen LogP contribution in [0, 0.1) is 0 Å². The Morgan fingerprint density at radius 3 is 2.42 bits per heavy atom. The van der Waals surface area contributed by atoms with Gasteiger partial charge in [-0.3, -0.25) is 4.90 Å². The van der Waals surface area contributed by atoms with Crippen molar-refractivity contribution in [1.29, 1.82) is 0 Å². The van der Waals surface area contributed by atoms with Crippen molar-refractivity contribution < 1.29 is 17.9 Å². The maximum atomic E-state index is 12.9. The lowest BCUT2D eigenvalue weighted by Gasteiger charge is -2.28. The molecule has 5 nitrogen and oxygen atoms in total. The Balaban J connectivity index is 1.88. The van der Waals surface area contributed by atoms with Crippen LogP contribution in [0.15, 0.2) is 44.6 Å². The molecule has 0 aliphatic carbocycles. The highest BCUT2D eigenvalue weighted by atomic mass is 79.9. The second kappa shape index (κ2) is 5.88. The van der Waals surface area contributed by atoms with Gasteiger partial charge in [-0.15, -0.1) is 0 Å². The van der Waals surface area contributed by atoms with E-state index in [1.165, 1.54) is 0 Å². The fraction of sp³-hybridized carbons (Fsp3) is 0.471. The maximum absolute atomic E-state index is 12.9. The summed E-state index contributed by atoms with van der Waals surface area (Å²) in [5.41, 5.74) is -0.607. The molecular weight excluding hydrogens is 394 g/mol. The smallest absolute Gasteiger partial charge is 0.411 e. The number of amides is 1. The van der Waals surface area contributed by atoms with Crippen LogP contribution in [-0.2, 0) is 14.6 Å². The van der Waals surface area contributed by atoms with Crippen molar-refractivity contribution in [3.8, 4) is 0 Å². The van der Waals surface area contributed by atoms with Gasteiger partial charge >= 0.3 is 6.09 Å². The van der Waals surface area contributed by atoms with E-state index in [2.05, 4.69) is 15.9 Å². The number of benzene rings is 1. The Bertz CT molecular complexity index is 793. The lowest BCUT2D eigenvalue weighted by atomic mass is 10.1. The van der Waals surface area contributed by atoms with Crippen LogP contribution in [0.1, 0.15) is 33.6 Å². The van der Waals surface area contributed by atoms with E-state index in [-0.39, 0.29) is 10.9 Å². The summed E-state index contributed by atoms with van der Waals surface area (Å²) in [6.07, 6.45) is 2.66. The lowest BCUT2D eigenvalue weighted by Crippen LogP contribution is -2.41. The predicted octanol–water partition coefficient (Wildman–Crippen LogP) is 3.89. The highest BCUT2D eigenvalue weighted by Gasteiger charge is 2.49. The molecule has 130 valence electrons. The Morgan fingerprint density at radius 1 is 1.21 bits per heavy atom. The molecule has 2 bridgehead atoms. The number of sulfone groups is 1. The van der Waals surface area contributed by atoms with Crippen molar-refractivity contribution in [2.45, 2.75) is 56.2 Å². The number of rotatable bonds is 2. The van der Waals surface area contributed by atoms with Gasteiger partial charge in [-0.2, -0.15) is 0 Å². The van der Waals surface area contributed by atoms with E-state index in [9.17, 15) is 13.2 Å². The van der Waals surface area contributed by atoms with Crippen LogP contribution >= 0.6 is 15.9 Å². The zero-order valence-electron chi connectivity index (χ0n) is 13.8. The van der Waals surface area contributed by atoms with E-state index in [1.54, 1.807) is 56.0 Å². The van der Waals surface area contributed by atoms with Gasteiger partial charge in [-0.1, -0.05) is 15.9 Å². The molecule has 3 rings (SSSR count). The van der Waals surface area contributed by atoms with E-state index in [0.29, 0.717) is 11.3 Å². The Hall–Kier alpha value is -1.34. The summed E-state index contributed by atoms with van der Waals surface area (Å²) in [7, 11) is -3.61. The third kappa shape index (κ3) is 3.11. The van der Waals surface area contributed by atoms with Gasteiger partial charge < -0.3 is 4.74 Å². The van der Waals surface area contributed by atoms with Crippen molar-refractivity contribution in [3.63, 3.8) is 0 Å². The van der Waals surface area contributed by atoms with Crippen LogP contribution in [0.3, 0.4) is 0 Å². The van der Waals surface area contributed by atoms with Gasteiger partial charge in [0, 0.05) is 4.47 Å². The zero-order chi connectivity index (χ0) is 17.7. The van der Waals surface area contributed by atoms with Crippen molar-refractivity contribution in [3.05, 3.63) is 39.7 Å². The summed E-state index contributed by atoms with van der Waals surface area (Å²) >= 11 is 3.31. The molecule has 2 unspecified atom stereocenters. The molecule has 24 heavy (non-hydrogen) atoms. The summed E-state index contributed by atoms with van der Waals surface area (Å²) in [4.78, 5) is 14.6. The second-order valence-corrected chi connectivity index (χ2v) is 9.94. The molecule has 0 aromatic heterocycles. The number of hydrogen-bond acceptors (Lipinski definition) is 4.